The average Bonchev–Trinajstić information content (AvgIpc) is 2.91. The van der Waals surface area contributed by atoms with Crippen molar-refractivity contribution >= 4 is 40.9 Å². The Hall–Kier alpha value is -3.51. The molecule has 1 aromatic heterocycles. The molecule has 3 rings (SSSR count). The van der Waals surface area contributed by atoms with Crippen molar-refractivity contribution in [2.24, 2.45) is 0 Å². The lowest BCUT2D eigenvalue weighted by atomic mass is 10.0. The number of rotatable bonds is 5. The molecular weight excluding hydrogens is 451 g/mol. The van der Waals surface area contributed by atoms with E-state index < -0.39 is 34.9 Å². The first-order valence-corrected chi connectivity index (χ1v) is 10.5. The summed E-state index contributed by atoms with van der Waals surface area (Å²) in [6.45, 7) is 8.29. The minimum Gasteiger partial charge on any atom is -0.456 e. The van der Waals surface area contributed by atoms with Crippen LogP contribution in [-0.4, -0.2) is 34.0 Å². The highest BCUT2D eigenvalue weighted by Crippen LogP contribution is 2.37. The summed E-state index contributed by atoms with van der Waals surface area (Å²) < 4.78 is 20.2. The van der Waals surface area contributed by atoms with Crippen LogP contribution in [0.3, 0.4) is 0 Å². The third-order valence-electron chi connectivity index (χ3n) is 5.51. The molecule has 0 atom stereocenters. The monoisotopic (exact) mass is 472 g/mol. The molecule has 2 aromatic rings. The van der Waals surface area contributed by atoms with Crippen molar-refractivity contribution in [3.8, 4) is 6.07 Å². The quantitative estimate of drug-likeness (QED) is 0.455. The number of halogens is 2. The summed E-state index contributed by atoms with van der Waals surface area (Å²) in [5.74, 6) is -2.31. The molecule has 1 saturated heterocycles. The van der Waals surface area contributed by atoms with E-state index in [9.17, 15) is 18.8 Å². The summed E-state index contributed by atoms with van der Waals surface area (Å²) in [5, 5.41) is 8.98. The van der Waals surface area contributed by atoms with Gasteiger partial charge >= 0.3 is 12.0 Å². The van der Waals surface area contributed by atoms with Gasteiger partial charge in [0, 0.05) is 5.69 Å². The Morgan fingerprint density at radius 3 is 2.48 bits per heavy atom. The Morgan fingerprint density at radius 2 is 1.94 bits per heavy atom. The molecule has 172 valence electrons. The molecule has 0 saturated carbocycles. The predicted octanol–water partition coefficient (Wildman–Crippen LogP) is 4.84. The average molecular weight is 473 g/mol. The largest absolute Gasteiger partial charge is 0.456 e. The molecule has 10 heteroatoms. The fourth-order valence-electron chi connectivity index (χ4n) is 3.28. The number of benzene rings is 1. The zero-order chi connectivity index (χ0) is 24.7. The van der Waals surface area contributed by atoms with Gasteiger partial charge in [0.1, 0.15) is 23.0 Å². The number of imide groups is 1. The fraction of sp³-hybridized carbons (Fsp3) is 0.348. The Kier molecular flexibility index (Phi) is 6.18. The summed E-state index contributed by atoms with van der Waals surface area (Å²) in [7, 11) is 0. The van der Waals surface area contributed by atoms with Crippen LogP contribution in [0.15, 0.2) is 30.5 Å². The van der Waals surface area contributed by atoms with Crippen molar-refractivity contribution in [1.29, 1.82) is 5.26 Å². The number of nitrogens with zero attached hydrogens (tertiary/aromatic N) is 4. The first-order chi connectivity index (χ1) is 15.3. The fourth-order valence-corrected chi connectivity index (χ4v) is 3.48. The Balaban J connectivity index is 1.98. The molecule has 8 nitrogen and oxygen atoms in total. The molecule has 1 aromatic carbocycles. The van der Waals surface area contributed by atoms with Gasteiger partial charge in [0.05, 0.1) is 22.5 Å². The number of carbonyl (C=O) groups is 3. The van der Waals surface area contributed by atoms with Crippen LogP contribution < -0.4 is 9.80 Å². The molecule has 1 aliphatic rings. The number of carbonyl (C=O) groups excluding carboxylic acids is 3. The smallest absolute Gasteiger partial charge is 0.341 e. The summed E-state index contributed by atoms with van der Waals surface area (Å²) in [5.41, 5.74) is -2.32. The van der Waals surface area contributed by atoms with Crippen LogP contribution in [0.2, 0.25) is 5.02 Å². The Labute approximate surface area is 195 Å². The van der Waals surface area contributed by atoms with Crippen molar-refractivity contribution < 1.29 is 23.5 Å². The normalized spacial score (nSPS) is 15.6. The van der Waals surface area contributed by atoms with Crippen molar-refractivity contribution in [3.05, 3.63) is 52.6 Å². The third-order valence-corrected chi connectivity index (χ3v) is 5.80. The first kappa shape index (κ1) is 24.1. The lowest BCUT2D eigenvalue weighted by Crippen LogP contribution is -2.44. The number of nitriles is 1. The van der Waals surface area contributed by atoms with E-state index in [2.05, 4.69) is 4.98 Å². The van der Waals surface area contributed by atoms with Gasteiger partial charge in [0.15, 0.2) is 5.69 Å². The van der Waals surface area contributed by atoms with Gasteiger partial charge in [-0.2, -0.15) is 5.26 Å². The molecule has 0 bridgehead atoms. The van der Waals surface area contributed by atoms with E-state index in [1.54, 1.807) is 19.9 Å². The molecule has 0 N–H and O–H groups in total. The standard InChI is InChI=1S/C23H22ClFN4O4/c1-6-22(2,3)33-19(30)15-8-7-13(10-17(15)25)29-21(32)28(20(31)23(29,4)5)14-9-16(24)18(11-26)27-12-14/h7-10,12H,6H2,1-5H3. The molecule has 1 aliphatic heterocycles. The highest BCUT2D eigenvalue weighted by Gasteiger charge is 2.53. The van der Waals surface area contributed by atoms with Crippen LogP contribution >= 0.6 is 11.6 Å². The van der Waals surface area contributed by atoms with E-state index in [-0.39, 0.29) is 27.7 Å². The van der Waals surface area contributed by atoms with Gasteiger partial charge < -0.3 is 4.74 Å². The minimum absolute atomic E-state index is 0.0178. The molecule has 0 radical (unpaired) electrons. The van der Waals surface area contributed by atoms with Gasteiger partial charge in [-0.3, -0.25) is 9.69 Å². The number of hydrogen-bond acceptors (Lipinski definition) is 6. The zero-order valence-electron chi connectivity index (χ0n) is 18.8. The van der Waals surface area contributed by atoms with E-state index in [1.165, 1.54) is 38.2 Å². The molecular formula is C23H22ClFN4O4. The third kappa shape index (κ3) is 4.26. The Morgan fingerprint density at radius 1 is 1.27 bits per heavy atom. The number of anilines is 2. The Bertz CT molecular complexity index is 1210. The minimum atomic E-state index is -1.38. The zero-order valence-corrected chi connectivity index (χ0v) is 19.5. The number of pyridine rings is 1. The topological polar surface area (TPSA) is 104 Å². The summed E-state index contributed by atoms with van der Waals surface area (Å²) in [4.78, 5) is 44.6. The van der Waals surface area contributed by atoms with Crippen LogP contribution in [0.4, 0.5) is 20.6 Å². The highest BCUT2D eigenvalue weighted by molar-refractivity contribution is 6.33. The van der Waals surface area contributed by atoms with Crippen molar-refractivity contribution in [2.75, 3.05) is 9.80 Å². The number of aromatic nitrogens is 1. The lowest BCUT2D eigenvalue weighted by molar-refractivity contribution is -0.120. The predicted molar refractivity (Wildman–Crippen MR) is 120 cm³/mol. The summed E-state index contributed by atoms with van der Waals surface area (Å²) in [6, 6.07) is 5.94. The highest BCUT2D eigenvalue weighted by atomic mass is 35.5. The van der Waals surface area contributed by atoms with Gasteiger partial charge in [-0.15, -0.1) is 0 Å². The second-order valence-electron chi connectivity index (χ2n) is 8.62. The maximum Gasteiger partial charge on any atom is 0.341 e. The maximum absolute atomic E-state index is 14.9. The SMILES string of the molecule is CCC(C)(C)OC(=O)c1ccc(N2C(=O)N(c3cnc(C#N)c(Cl)c3)C(=O)C2(C)C)cc1F. The van der Waals surface area contributed by atoms with E-state index in [0.29, 0.717) is 6.42 Å². The second kappa shape index (κ2) is 8.45. The van der Waals surface area contributed by atoms with Crippen molar-refractivity contribution in [3.63, 3.8) is 0 Å². The number of amides is 3. The van der Waals surface area contributed by atoms with Crippen LogP contribution in [0.5, 0.6) is 0 Å². The number of urea groups is 1. The van der Waals surface area contributed by atoms with Crippen LogP contribution in [0.25, 0.3) is 0 Å². The van der Waals surface area contributed by atoms with Crippen molar-refractivity contribution in [2.45, 2.75) is 52.2 Å². The van der Waals surface area contributed by atoms with Gasteiger partial charge in [0.25, 0.3) is 5.91 Å². The van der Waals surface area contributed by atoms with Crippen molar-refractivity contribution in [1.82, 2.24) is 4.98 Å². The maximum atomic E-state index is 14.9. The molecule has 33 heavy (non-hydrogen) atoms. The van der Waals surface area contributed by atoms with Gasteiger partial charge in [-0.25, -0.2) is 23.9 Å². The van der Waals surface area contributed by atoms with E-state index >= 15 is 0 Å². The van der Waals surface area contributed by atoms with Crippen LogP contribution in [-0.2, 0) is 9.53 Å². The first-order valence-electron chi connectivity index (χ1n) is 10.1. The number of hydrogen-bond donors (Lipinski definition) is 0. The molecule has 3 amide bonds. The van der Waals surface area contributed by atoms with Gasteiger partial charge in [0.2, 0.25) is 0 Å². The number of ether oxygens (including phenoxy) is 1. The molecule has 0 unspecified atom stereocenters. The summed E-state index contributed by atoms with van der Waals surface area (Å²) in [6.07, 6.45) is 1.73. The van der Waals surface area contributed by atoms with E-state index in [1.807, 2.05) is 6.92 Å². The molecule has 0 spiro atoms. The lowest BCUT2D eigenvalue weighted by Gasteiger charge is -2.28. The van der Waals surface area contributed by atoms with Gasteiger partial charge in [-0.1, -0.05) is 18.5 Å². The van der Waals surface area contributed by atoms with Crippen LogP contribution in [0.1, 0.15) is 57.1 Å². The molecule has 1 fully saturated rings. The van der Waals surface area contributed by atoms with Gasteiger partial charge in [-0.05, 0) is 58.4 Å². The molecule has 2 heterocycles. The van der Waals surface area contributed by atoms with E-state index in [4.69, 9.17) is 21.6 Å². The summed E-state index contributed by atoms with van der Waals surface area (Å²) >= 11 is 6.01. The molecule has 0 aliphatic carbocycles. The van der Waals surface area contributed by atoms with Crippen LogP contribution in [0, 0.1) is 17.1 Å². The second-order valence-corrected chi connectivity index (χ2v) is 9.03. The van der Waals surface area contributed by atoms with E-state index in [0.717, 1.165) is 15.9 Å². The number of esters is 1.